The normalized spacial score (nSPS) is 11.5. The van der Waals surface area contributed by atoms with E-state index in [1.165, 1.54) is 16.2 Å². The molecule has 4 N–H and O–H groups in total. The average molecular weight is 418 g/mol. The predicted octanol–water partition coefficient (Wildman–Crippen LogP) is 2.77. The maximum atomic E-state index is 13.2. The van der Waals surface area contributed by atoms with Gasteiger partial charge >= 0.3 is 0 Å². The average Bonchev–Trinajstić information content (AvgIpc) is 3.34. The van der Waals surface area contributed by atoms with Gasteiger partial charge in [-0.05, 0) is 29.5 Å². The van der Waals surface area contributed by atoms with Gasteiger partial charge < -0.3 is 20.4 Å². The van der Waals surface area contributed by atoms with Crippen molar-refractivity contribution in [2.24, 2.45) is 0 Å². The molecule has 0 saturated carbocycles. The molecule has 5 aromatic rings. The number of hydrogen-bond acceptors (Lipinski definition) is 6. The SMILES string of the molecule is Nc1ccccc1Sc1nc2c(=O)n3cc(-c4ccccc4)[nH]c3nc2n1CCO. The molecule has 0 aliphatic heterocycles. The van der Waals surface area contributed by atoms with E-state index in [2.05, 4.69) is 15.0 Å². The first kappa shape index (κ1) is 18.5. The smallest absolute Gasteiger partial charge is 0.287 e. The minimum Gasteiger partial charge on any atom is -0.398 e. The van der Waals surface area contributed by atoms with Crippen LogP contribution in [0.5, 0.6) is 0 Å². The lowest BCUT2D eigenvalue weighted by molar-refractivity contribution is 0.273. The number of aliphatic hydroxyl groups is 1. The Morgan fingerprint density at radius 2 is 1.83 bits per heavy atom. The van der Waals surface area contributed by atoms with Gasteiger partial charge in [0.05, 0.1) is 12.3 Å². The van der Waals surface area contributed by atoms with Gasteiger partial charge in [-0.15, -0.1) is 0 Å². The highest BCUT2D eigenvalue weighted by Gasteiger charge is 2.19. The van der Waals surface area contributed by atoms with Crippen LogP contribution in [-0.2, 0) is 6.54 Å². The van der Waals surface area contributed by atoms with Gasteiger partial charge in [-0.3, -0.25) is 4.79 Å². The van der Waals surface area contributed by atoms with E-state index in [0.717, 1.165) is 16.2 Å². The Labute approximate surface area is 175 Å². The van der Waals surface area contributed by atoms with E-state index >= 15 is 0 Å². The third-order valence-corrected chi connectivity index (χ3v) is 5.89. The molecule has 0 saturated heterocycles. The van der Waals surface area contributed by atoms with Gasteiger partial charge in [0.2, 0.25) is 5.78 Å². The van der Waals surface area contributed by atoms with Crippen LogP contribution in [0.1, 0.15) is 0 Å². The zero-order valence-electron chi connectivity index (χ0n) is 15.8. The van der Waals surface area contributed by atoms with Crippen molar-refractivity contribution in [3.05, 3.63) is 71.1 Å². The molecular weight excluding hydrogens is 400 g/mol. The molecule has 0 bridgehead atoms. The monoisotopic (exact) mass is 418 g/mol. The second-order valence-corrected chi connectivity index (χ2v) is 7.74. The summed E-state index contributed by atoms with van der Waals surface area (Å²) in [4.78, 5) is 26.4. The van der Waals surface area contributed by atoms with Crippen molar-refractivity contribution in [3.63, 3.8) is 0 Å². The van der Waals surface area contributed by atoms with Crippen molar-refractivity contribution < 1.29 is 5.11 Å². The van der Waals surface area contributed by atoms with Crippen LogP contribution in [0.25, 0.3) is 28.2 Å². The number of nitrogen functional groups attached to an aromatic ring is 1. The number of nitrogens with two attached hydrogens (primary N) is 1. The largest absolute Gasteiger partial charge is 0.398 e. The van der Waals surface area contributed by atoms with Crippen LogP contribution in [0.15, 0.2) is 75.6 Å². The van der Waals surface area contributed by atoms with Crippen LogP contribution in [0.3, 0.4) is 0 Å². The first-order valence-electron chi connectivity index (χ1n) is 9.36. The minimum absolute atomic E-state index is 0.107. The van der Waals surface area contributed by atoms with Crippen LogP contribution in [0, 0.1) is 0 Å². The van der Waals surface area contributed by atoms with Crippen molar-refractivity contribution >= 4 is 34.4 Å². The summed E-state index contributed by atoms with van der Waals surface area (Å²) in [6, 6.07) is 17.2. The van der Waals surface area contributed by atoms with Crippen LogP contribution in [0.2, 0.25) is 0 Å². The Morgan fingerprint density at radius 1 is 1.07 bits per heavy atom. The molecule has 0 spiro atoms. The highest BCUT2D eigenvalue weighted by Crippen LogP contribution is 2.32. The number of nitrogens with one attached hydrogen (secondary N) is 1. The van der Waals surface area contributed by atoms with Crippen LogP contribution >= 0.6 is 11.8 Å². The van der Waals surface area contributed by atoms with Gasteiger partial charge in [0.15, 0.2) is 16.3 Å². The fourth-order valence-corrected chi connectivity index (χ4v) is 4.31. The van der Waals surface area contributed by atoms with Crippen molar-refractivity contribution in [3.8, 4) is 11.3 Å². The Bertz CT molecular complexity index is 1420. The number of fused-ring (bicyclic) bond motifs is 2. The summed E-state index contributed by atoms with van der Waals surface area (Å²) in [5.41, 5.74) is 8.82. The van der Waals surface area contributed by atoms with E-state index in [1.807, 2.05) is 54.6 Å². The van der Waals surface area contributed by atoms with E-state index in [9.17, 15) is 9.90 Å². The number of aromatic nitrogens is 5. The molecule has 0 unspecified atom stereocenters. The third-order valence-electron chi connectivity index (χ3n) is 4.80. The predicted molar refractivity (Wildman–Crippen MR) is 117 cm³/mol. The molecule has 0 amide bonds. The lowest BCUT2D eigenvalue weighted by Crippen LogP contribution is -2.14. The molecule has 5 rings (SSSR count). The highest BCUT2D eigenvalue weighted by molar-refractivity contribution is 7.99. The summed E-state index contributed by atoms with van der Waals surface area (Å²) in [6.45, 7) is 0.158. The Morgan fingerprint density at radius 3 is 2.60 bits per heavy atom. The van der Waals surface area contributed by atoms with E-state index < -0.39 is 0 Å². The number of nitrogens with zero attached hydrogens (tertiary/aromatic N) is 4. The first-order valence-corrected chi connectivity index (χ1v) is 10.2. The minimum atomic E-state index is -0.270. The number of aliphatic hydroxyl groups excluding tert-OH is 1. The fraction of sp³-hybridized carbons (Fsp3) is 0.0952. The number of anilines is 1. The number of benzene rings is 2. The molecule has 3 aromatic heterocycles. The van der Waals surface area contributed by atoms with Gasteiger partial charge in [0.1, 0.15) is 0 Å². The van der Waals surface area contributed by atoms with Crippen LogP contribution in [0.4, 0.5) is 5.69 Å². The molecule has 0 atom stereocenters. The number of hydrogen-bond donors (Lipinski definition) is 3. The third kappa shape index (κ3) is 3.04. The molecule has 0 radical (unpaired) electrons. The standard InChI is InChI=1S/C21H18N6O2S/c22-14-8-4-5-9-16(14)30-21-24-17-18(26(21)10-11-28)25-20-23-15(12-27(20)19(17)29)13-6-2-1-3-7-13/h1-9,12,28H,10-11,22H2,(H,23,25). The number of para-hydroxylation sites is 1. The molecule has 9 heteroatoms. The Kier molecular flexibility index (Phi) is 4.53. The van der Waals surface area contributed by atoms with Gasteiger partial charge in [-0.25, -0.2) is 9.38 Å². The number of rotatable bonds is 5. The fourth-order valence-electron chi connectivity index (χ4n) is 3.35. The first-order chi connectivity index (χ1) is 14.7. The lowest BCUT2D eigenvalue weighted by Gasteiger charge is -2.07. The maximum Gasteiger partial charge on any atom is 0.287 e. The molecule has 3 heterocycles. The number of aromatic amines is 1. The Hall–Kier alpha value is -3.56. The number of imidazole rings is 2. The van der Waals surface area contributed by atoms with E-state index in [1.54, 1.807) is 10.8 Å². The summed E-state index contributed by atoms with van der Waals surface area (Å²) in [7, 11) is 0. The summed E-state index contributed by atoms with van der Waals surface area (Å²) in [5, 5.41) is 10.1. The van der Waals surface area contributed by atoms with Crippen molar-refractivity contribution in [1.82, 2.24) is 23.9 Å². The van der Waals surface area contributed by atoms with E-state index in [0.29, 0.717) is 22.3 Å². The van der Waals surface area contributed by atoms with Gasteiger partial charge in [0.25, 0.3) is 5.56 Å². The summed E-state index contributed by atoms with van der Waals surface area (Å²) >= 11 is 1.34. The van der Waals surface area contributed by atoms with E-state index in [4.69, 9.17) is 5.73 Å². The topological polar surface area (TPSA) is 114 Å². The molecule has 8 nitrogen and oxygen atoms in total. The zero-order valence-corrected chi connectivity index (χ0v) is 16.6. The molecule has 0 fully saturated rings. The van der Waals surface area contributed by atoms with Crippen LogP contribution < -0.4 is 11.3 Å². The molecule has 2 aromatic carbocycles. The lowest BCUT2D eigenvalue weighted by atomic mass is 10.2. The van der Waals surface area contributed by atoms with Gasteiger partial charge in [-0.1, -0.05) is 42.5 Å². The highest BCUT2D eigenvalue weighted by atomic mass is 32.2. The van der Waals surface area contributed by atoms with Crippen molar-refractivity contribution in [2.75, 3.05) is 12.3 Å². The van der Waals surface area contributed by atoms with E-state index in [-0.39, 0.29) is 24.2 Å². The maximum absolute atomic E-state index is 13.2. The second kappa shape index (κ2) is 7.36. The summed E-state index contributed by atoms with van der Waals surface area (Å²) in [6.07, 6.45) is 1.73. The molecule has 30 heavy (non-hydrogen) atoms. The summed E-state index contributed by atoms with van der Waals surface area (Å²) < 4.78 is 3.21. The zero-order chi connectivity index (χ0) is 20.7. The summed E-state index contributed by atoms with van der Waals surface area (Å²) in [5.74, 6) is 0.418. The molecule has 0 aliphatic carbocycles. The second-order valence-electron chi connectivity index (χ2n) is 6.73. The van der Waals surface area contributed by atoms with Gasteiger partial charge in [-0.2, -0.15) is 4.98 Å². The van der Waals surface area contributed by atoms with Crippen molar-refractivity contribution in [1.29, 1.82) is 0 Å². The van der Waals surface area contributed by atoms with Crippen LogP contribution in [-0.4, -0.2) is 35.6 Å². The Balaban J connectivity index is 1.69. The molecular formula is C21H18N6O2S. The number of H-pyrrole nitrogens is 1. The quantitative estimate of drug-likeness (QED) is 0.378. The molecule has 150 valence electrons. The van der Waals surface area contributed by atoms with Gasteiger partial charge in [0, 0.05) is 23.3 Å². The molecule has 0 aliphatic rings. The van der Waals surface area contributed by atoms with Crippen molar-refractivity contribution in [2.45, 2.75) is 16.6 Å².